The number of anilines is 2. The number of hydrogen-bond acceptors (Lipinski definition) is 4. The van der Waals surface area contributed by atoms with Crippen LogP contribution in [-0.2, 0) is 17.3 Å². The molecule has 1 aliphatic heterocycles. The largest absolute Gasteiger partial charge is 0.307 e. The third-order valence-electron chi connectivity index (χ3n) is 5.63. The predicted molar refractivity (Wildman–Crippen MR) is 136 cm³/mol. The van der Waals surface area contributed by atoms with Gasteiger partial charge in [-0.15, -0.1) is 0 Å². The Kier molecular flexibility index (Phi) is 6.19. The molecule has 6 nitrogen and oxygen atoms in total. The lowest BCUT2D eigenvalue weighted by Crippen LogP contribution is -2.30. The Balaban J connectivity index is 1.60. The second kappa shape index (κ2) is 9.44. The summed E-state index contributed by atoms with van der Waals surface area (Å²) in [6.45, 7) is 2.03. The summed E-state index contributed by atoms with van der Waals surface area (Å²) in [7, 11) is -1.61. The van der Waals surface area contributed by atoms with E-state index in [-0.39, 0.29) is 18.4 Å². The second-order valence-corrected chi connectivity index (χ2v) is 9.94. The summed E-state index contributed by atoms with van der Waals surface area (Å²) in [4.78, 5) is 33.5. The van der Waals surface area contributed by atoms with Crippen molar-refractivity contribution < 1.29 is 13.8 Å². The van der Waals surface area contributed by atoms with E-state index >= 15 is 0 Å². The van der Waals surface area contributed by atoms with E-state index < -0.39 is 10.8 Å². The highest BCUT2D eigenvalue weighted by atomic mass is 35.5. The minimum absolute atomic E-state index is 0.197. The van der Waals surface area contributed by atoms with E-state index in [1.165, 1.54) is 0 Å². The van der Waals surface area contributed by atoms with Crippen LogP contribution in [0.1, 0.15) is 32.0 Å². The maximum absolute atomic E-state index is 13.7. The predicted octanol–water partition coefficient (Wildman–Crippen LogP) is 5.62. The van der Waals surface area contributed by atoms with Gasteiger partial charge in [0.25, 0.3) is 11.8 Å². The Hall–Kier alpha value is -3.81. The number of rotatable bonds is 4. The summed E-state index contributed by atoms with van der Waals surface area (Å²) in [6, 6.07) is 24.3. The number of nitrogens with zero attached hydrogens (tertiary/aromatic N) is 2. The van der Waals surface area contributed by atoms with Crippen molar-refractivity contribution >= 4 is 45.7 Å². The first kappa shape index (κ1) is 23.0. The minimum atomic E-state index is -1.61. The quantitative estimate of drug-likeness (QED) is 0.393. The van der Waals surface area contributed by atoms with Gasteiger partial charge in [-0.05, 0) is 67.1 Å². The molecule has 0 bridgehead atoms. The van der Waals surface area contributed by atoms with Crippen LogP contribution < -0.4 is 10.2 Å². The van der Waals surface area contributed by atoms with Gasteiger partial charge in [-0.2, -0.15) is 0 Å². The topological polar surface area (TPSA) is 79.4 Å². The number of fused-ring (bicyclic) bond motifs is 2. The normalized spacial score (nSPS) is 14.6. The van der Waals surface area contributed by atoms with Gasteiger partial charge in [-0.25, -0.2) is 9.19 Å². The van der Waals surface area contributed by atoms with Gasteiger partial charge in [0.15, 0.2) is 0 Å². The zero-order valence-electron chi connectivity index (χ0n) is 18.7. The van der Waals surface area contributed by atoms with E-state index in [0.717, 1.165) is 11.3 Å². The first-order valence-electron chi connectivity index (χ1n) is 10.9. The molecule has 1 aliphatic rings. The van der Waals surface area contributed by atoms with Gasteiger partial charge in [-0.1, -0.05) is 41.9 Å². The Morgan fingerprint density at radius 2 is 1.77 bits per heavy atom. The lowest BCUT2D eigenvalue weighted by atomic mass is 10.1. The maximum Gasteiger partial charge on any atom is 0.259 e. The molecule has 35 heavy (non-hydrogen) atoms. The number of aryl methyl sites for hydroxylation is 1. The van der Waals surface area contributed by atoms with E-state index in [4.69, 9.17) is 11.6 Å². The lowest BCUT2D eigenvalue weighted by molar-refractivity contribution is 0.0979. The van der Waals surface area contributed by atoms with Crippen LogP contribution >= 0.6 is 11.6 Å². The van der Waals surface area contributed by atoms with E-state index in [2.05, 4.69) is 10.3 Å². The van der Waals surface area contributed by atoms with Crippen molar-refractivity contribution in [3.05, 3.63) is 112 Å². The first-order valence-corrected chi connectivity index (χ1v) is 12.4. The molecule has 3 aromatic carbocycles. The monoisotopic (exact) mass is 501 g/mol. The smallest absolute Gasteiger partial charge is 0.259 e. The van der Waals surface area contributed by atoms with Crippen LogP contribution in [0.15, 0.2) is 94.7 Å². The number of carbonyl (C=O) groups excluding carboxylic acids is 2. The molecule has 1 N–H and O–H groups in total. The molecule has 8 heteroatoms. The molecule has 5 rings (SSSR count). The van der Waals surface area contributed by atoms with Gasteiger partial charge < -0.3 is 10.2 Å². The average molecular weight is 502 g/mol. The highest BCUT2D eigenvalue weighted by Gasteiger charge is 2.31. The van der Waals surface area contributed by atoms with Crippen molar-refractivity contribution in [3.63, 3.8) is 0 Å². The molecule has 1 aromatic heterocycles. The summed E-state index contributed by atoms with van der Waals surface area (Å²) >= 11 is 6.18. The van der Waals surface area contributed by atoms with Crippen molar-refractivity contribution in [2.24, 2.45) is 0 Å². The number of hydrogen-bond donors (Lipinski definition) is 1. The number of aromatic nitrogens is 1. The fourth-order valence-corrected chi connectivity index (χ4v) is 5.54. The van der Waals surface area contributed by atoms with Crippen molar-refractivity contribution in [3.8, 4) is 0 Å². The summed E-state index contributed by atoms with van der Waals surface area (Å²) < 4.78 is 13.5. The van der Waals surface area contributed by atoms with Gasteiger partial charge in [0.2, 0.25) is 0 Å². The number of amides is 2. The van der Waals surface area contributed by atoms with E-state index in [9.17, 15) is 13.8 Å². The van der Waals surface area contributed by atoms with Crippen LogP contribution in [0, 0.1) is 6.92 Å². The van der Waals surface area contributed by atoms with Gasteiger partial charge in [0, 0.05) is 16.3 Å². The SMILES string of the molecule is Cc1cccc(NC(=O)c2ccc3c(c2)N(Cc2cccc(Cl)c2)C(=O)c2ccccc2[S@]3=O)n1. The molecular formula is C27H20ClN3O3S. The highest BCUT2D eigenvalue weighted by Crippen LogP contribution is 2.36. The van der Waals surface area contributed by atoms with Crippen LogP contribution in [0.25, 0.3) is 0 Å². The molecular weight excluding hydrogens is 482 g/mol. The summed E-state index contributed by atoms with van der Waals surface area (Å²) in [5.41, 5.74) is 2.67. The number of benzene rings is 3. The van der Waals surface area contributed by atoms with Crippen molar-refractivity contribution in [1.82, 2.24) is 4.98 Å². The highest BCUT2D eigenvalue weighted by molar-refractivity contribution is 7.85. The Bertz CT molecular complexity index is 1500. The molecule has 0 fully saturated rings. The fraction of sp³-hybridized carbons (Fsp3) is 0.0741. The summed E-state index contributed by atoms with van der Waals surface area (Å²) in [6.07, 6.45) is 0. The van der Waals surface area contributed by atoms with Crippen LogP contribution in [0.3, 0.4) is 0 Å². The number of halogens is 1. The molecule has 4 aromatic rings. The molecule has 174 valence electrons. The third-order valence-corrected chi connectivity index (χ3v) is 7.37. The number of pyridine rings is 1. The molecule has 0 saturated carbocycles. The molecule has 1 atom stereocenters. The molecule has 0 unspecified atom stereocenters. The Labute approximate surface area is 210 Å². The maximum atomic E-state index is 13.7. The van der Waals surface area contributed by atoms with Crippen molar-refractivity contribution in [1.29, 1.82) is 0 Å². The van der Waals surface area contributed by atoms with E-state index in [0.29, 0.717) is 37.4 Å². The van der Waals surface area contributed by atoms with Gasteiger partial charge in [0.05, 0.1) is 38.4 Å². The summed E-state index contributed by atoms with van der Waals surface area (Å²) in [5.74, 6) is -0.257. The van der Waals surface area contributed by atoms with Crippen molar-refractivity contribution in [2.45, 2.75) is 23.3 Å². The van der Waals surface area contributed by atoms with Crippen LogP contribution in [0.5, 0.6) is 0 Å². The Morgan fingerprint density at radius 3 is 2.57 bits per heavy atom. The van der Waals surface area contributed by atoms with Crippen molar-refractivity contribution in [2.75, 3.05) is 10.2 Å². The number of nitrogens with one attached hydrogen (secondary N) is 1. The first-order chi connectivity index (χ1) is 16.9. The molecule has 2 heterocycles. The zero-order chi connectivity index (χ0) is 24.5. The summed E-state index contributed by atoms with van der Waals surface area (Å²) in [5, 5.41) is 3.34. The molecule has 0 saturated heterocycles. The standard InChI is InChI=1S/C27H20ClN3O3S/c1-17-6-4-11-25(29-17)30-26(32)19-12-13-24-22(15-19)31(16-18-7-5-8-20(28)14-18)27(33)21-9-2-3-10-23(21)35(24)34/h2-15H,16H2,1H3,(H,29,30,32)/t35-/m1/s1. The zero-order valence-corrected chi connectivity index (χ0v) is 20.3. The van der Waals surface area contributed by atoms with E-state index in [1.54, 1.807) is 71.6 Å². The van der Waals surface area contributed by atoms with Gasteiger partial charge in [0.1, 0.15) is 5.82 Å². The van der Waals surface area contributed by atoms with Gasteiger partial charge >= 0.3 is 0 Å². The molecule has 0 spiro atoms. The lowest BCUT2D eigenvalue weighted by Gasteiger charge is -2.23. The minimum Gasteiger partial charge on any atom is -0.307 e. The average Bonchev–Trinajstić information content (AvgIpc) is 2.93. The number of carbonyl (C=O) groups is 2. The molecule has 0 aliphatic carbocycles. The molecule has 2 amide bonds. The molecule has 0 radical (unpaired) electrons. The fourth-order valence-electron chi connectivity index (χ4n) is 3.98. The third kappa shape index (κ3) is 4.60. The van der Waals surface area contributed by atoms with Gasteiger partial charge in [-0.3, -0.25) is 9.59 Å². The Morgan fingerprint density at radius 1 is 0.971 bits per heavy atom. The second-order valence-electron chi connectivity index (χ2n) is 8.09. The van der Waals surface area contributed by atoms with E-state index in [1.807, 2.05) is 25.1 Å². The van der Waals surface area contributed by atoms with Crippen LogP contribution in [0.4, 0.5) is 11.5 Å². The van der Waals surface area contributed by atoms with Crippen LogP contribution in [-0.4, -0.2) is 21.0 Å². The van der Waals surface area contributed by atoms with Crippen LogP contribution in [0.2, 0.25) is 5.02 Å².